The second-order valence-electron chi connectivity index (χ2n) is 6.92. The molecule has 30 heavy (non-hydrogen) atoms. The quantitative estimate of drug-likeness (QED) is 0.588. The van der Waals surface area contributed by atoms with E-state index in [4.69, 9.17) is 4.74 Å². The van der Waals surface area contributed by atoms with Gasteiger partial charge in [0, 0.05) is 11.3 Å². The first-order valence-corrected chi connectivity index (χ1v) is 9.57. The fourth-order valence-corrected chi connectivity index (χ4v) is 2.91. The highest BCUT2D eigenvalue weighted by molar-refractivity contribution is 6.10. The summed E-state index contributed by atoms with van der Waals surface area (Å²) >= 11 is 0. The molecule has 0 heterocycles. The predicted molar refractivity (Wildman–Crippen MR) is 119 cm³/mol. The van der Waals surface area contributed by atoms with Gasteiger partial charge < -0.3 is 15.4 Å². The van der Waals surface area contributed by atoms with Gasteiger partial charge in [0.25, 0.3) is 11.8 Å². The number of hydrogen-bond donors (Lipinski definition) is 2. The fourth-order valence-electron chi connectivity index (χ4n) is 2.91. The van der Waals surface area contributed by atoms with Crippen LogP contribution in [0, 0.1) is 13.8 Å². The summed E-state index contributed by atoms with van der Waals surface area (Å²) in [6, 6.07) is 21.9. The lowest BCUT2D eigenvalue weighted by Crippen LogP contribution is -2.31. The van der Waals surface area contributed by atoms with Crippen LogP contribution in [0.1, 0.15) is 27.0 Å². The largest absolute Gasteiger partial charge is 0.497 e. The van der Waals surface area contributed by atoms with Crippen molar-refractivity contribution in [2.75, 3.05) is 12.4 Å². The Morgan fingerprint density at radius 1 is 0.900 bits per heavy atom. The molecule has 0 saturated heterocycles. The minimum atomic E-state index is -0.402. The monoisotopic (exact) mass is 400 g/mol. The van der Waals surface area contributed by atoms with Gasteiger partial charge >= 0.3 is 0 Å². The maximum atomic E-state index is 13.0. The van der Waals surface area contributed by atoms with Crippen molar-refractivity contribution in [1.29, 1.82) is 0 Å². The zero-order valence-electron chi connectivity index (χ0n) is 17.2. The highest BCUT2D eigenvalue weighted by Crippen LogP contribution is 2.17. The Balaban J connectivity index is 1.90. The van der Waals surface area contributed by atoms with Crippen molar-refractivity contribution in [3.8, 4) is 5.75 Å². The Morgan fingerprint density at radius 3 is 2.30 bits per heavy atom. The lowest BCUT2D eigenvalue weighted by Gasteiger charge is -2.13. The number of aryl methyl sites for hydroxylation is 2. The van der Waals surface area contributed by atoms with Crippen LogP contribution in [0.15, 0.2) is 78.5 Å². The number of hydrogen-bond acceptors (Lipinski definition) is 3. The lowest BCUT2D eigenvalue weighted by atomic mass is 10.1. The second-order valence-corrected chi connectivity index (χ2v) is 6.92. The smallest absolute Gasteiger partial charge is 0.272 e. The topological polar surface area (TPSA) is 67.4 Å². The van der Waals surface area contributed by atoms with Crippen molar-refractivity contribution in [1.82, 2.24) is 5.32 Å². The molecule has 2 amide bonds. The standard InChI is InChI=1S/C25H24N2O3/c1-17-7-6-9-20(15-17)24(28)27-23(16-19-11-13-21(30-3)14-12-19)25(29)26-22-10-5-4-8-18(22)2/h4-16H,1-3H3,(H,26,29)(H,27,28)/b23-16+. The molecule has 3 rings (SSSR count). The van der Waals surface area contributed by atoms with Gasteiger partial charge in [0.05, 0.1) is 7.11 Å². The molecule has 0 spiro atoms. The Kier molecular flexibility index (Phi) is 6.65. The van der Waals surface area contributed by atoms with E-state index in [1.165, 1.54) is 0 Å². The molecule has 0 aromatic heterocycles. The summed E-state index contributed by atoms with van der Waals surface area (Å²) in [5.74, 6) is -0.0404. The van der Waals surface area contributed by atoms with Gasteiger partial charge in [-0.3, -0.25) is 9.59 Å². The van der Waals surface area contributed by atoms with E-state index < -0.39 is 5.91 Å². The van der Waals surface area contributed by atoms with Crippen LogP contribution in [0.4, 0.5) is 5.69 Å². The Labute approximate surface area is 176 Å². The average Bonchev–Trinajstić information content (AvgIpc) is 2.75. The molecule has 2 N–H and O–H groups in total. The fraction of sp³-hybridized carbons (Fsp3) is 0.120. The number of rotatable bonds is 6. The van der Waals surface area contributed by atoms with Crippen LogP contribution in [0.3, 0.4) is 0 Å². The van der Waals surface area contributed by atoms with Crippen LogP contribution >= 0.6 is 0 Å². The summed E-state index contributed by atoms with van der Waals surface area (Å²) in [7, 11) is 1.59. The summed E-state index contributed by atoms with van der Waals surface area (Å²) in [5, 5.41) is 5.63. The molecular weight excluding hydrogens is 376 g/mol. The highest BCUT2D eigenvalue weighted by atomic mass is 16.5. The summed E-state index contributed by atoms with van der Waals surface area (Å²) in [4.78, 5) is 25.8. The third kappa shape index (κ3) is 5.35. The van der Waals surface area contributed by atoms with Crippen molar-refractivity contribution in [3.05, 3.63) is 101 Å². The number of carbonyl (C=O) groups excluding carboxylic acids is 2. The van der Waals surface area contributed by atoms with E-state index in [1.807, 2.05) is 62.4 Å². The minimum Gasteiger partial charge on any atom is -0.497 e. The van der Waals surface area contributed by atoms with E-state index in [2.05, 4.69) is 10.6 Å². The first kappa shape index (κ1) is 20.9. The van der Waals surface area contributed by atoms with Crippen LogP contribution in [0.5, 0.6) is 5.75 Å². The molecule has 5 nitrogen and oxygen atoms in total. The molecule has 0 aliphatic heterocycles. The molecule has 0 bridgehead atoms. The first-order chi connectivity index (χ1) is 14.5. The summed E-state index contributed by atoms with van der Waals surface area (Å²) in [6.07, 6.45) is 1.64. The number of amides is 2. The molecule has 0 fully saturated rings. The van der Waals surface area contributed by atoms with Crippen molar-refractivity contribution < 1.29 is 14.3 Å². The van der Waals surface area contributed by atoms with Crippen LogP contribution in [0.2, 0.25) is 0 Å². The molecule has 0 unspecified atom stereocenters. The Hall–Kier alpha value is -3.86. The molecule has 0 saturated carbocycles. The van der Waals surface area contributed by atoms with Crippen molar-refractivity contribution in [2.24, 2.45) is 0 Å². The van der Waals surface area contributed by atoms with Crippen molar-refractivity contribution in [3.63, 3.8) is 0 Å². The predicted octanol–water partition coefficient (Wildman–Crippen LogP) is 4.72. The number of methoxy groups -OCH3 is 1. The highest BCUT2D eigenvalue weighted by Gasteiger charge is 2.16. The minimum absolute atomic E-state index is 0.148. The number of benzene rings is 3. The van der Waals surface area contributed by atoms with Crippen molar-refractivity contribution >= 4 is 23.6 Å². The number of ether oxygens (including phenoxy) is 1. The lowest BCUT2D eigenvalue weighted by molar-refractivity contribution is -0.113. The number of carbonyl (C=O) groups is 2. The van der Waals surface area contributed by atoms with E-state index in [9.17, 15) is 9.59 Å². The molecule has 0 atom stereocenters. The van der Waals surface area contributed by atoms with Gasteiger partial charge in [-0.25, -0.2) is 0 Å². The number of anilines is 1. The van der Waals surface area contributed by atoms with Gasteiger partial charge in [-0.05, 0) is 61.4 Å². The van der Waals surface area contributed by atoms with E-state index in [-0.39, 0.29) is 11.6 Å². The van der Waals surface area contributed by atoms with Crippen LogP contribution in [-0.2, 0) is 4.79 Å². The zero-order valence-corrected chi connectivity index (χ0v) is 17.2. The van der Waals surface area contributed by atoms with Crippen LogP contribution in [-0.4, -0.2) is 18.9 Å². The van der Waals surface area contributed by atoms with E-state index >= 15 is 0 Å². The summed E-state index contributed by atoms with van der Waals surface area (Å²) < 4.78 is 5.18. The third-order valence-electron chi connectivity index (χ3n) is 4.59. The molecule has 0 aliphatic carbocycles. The normalized spacial score (nSPS) is 11.0. The van der Waals surface area contributed by atoms with Gasteiger partial charge in [0.1, 0.15) is 11.4 Å². The van der Waals surface area contributed by atoms with E-state index in [0.29, 0.717) is 17.0 Å². The Morgan fingerprint density at radius 2 is 1.63 bits per heavy atom. The SMILES string of the molecule is COc1ccc(/C=C(/NC(=O)c2cccc(C)c2)C(=O)Nc2ccccc2C)cc1. The Bertz CT molecular complexity index is 1090. The van der Waals surface area contributed by atoms with E-state index in [1.54, 1.807) is 37.5 Å². The van der Waals surface area contributed by atoms with Gasteiger partial charge in [-0.2, -0.15) is 0 Å². The molecular formula is C25H24N2O3. The van der Waals surface area contributed by atoms with Crippen molar-refractivity contribution in [2.45, 2.75) is 13.8 Å². The average molecular weight is 400 g/mol. The molecule has 0 radical (unpaired) electrons. The summed E-state index contributed by atoms with van der Waals surface area (Å²) in [6.45, 7) is 3.82. The van der Waals surface area contributed by atoms with Crippen LogP contribution < -0.4 is 15.4 Å². The van der Waals surface area contributed by atoms with Gasteiger partial charge in [-0.1, -0.05) is 48.0 Å². The maximum Gasteiger partial charge on any atom is 0.272 e. The van der Waals surface area contributed by atoms with E-state index in [0.717, 1.165) is 16.7 Å². The molecule has 0 aliphatic rings. The zero-order chi connectivity index (χ0) is 21.5. The van der Waals surface area contributed by atoms with Gasteiger partial charge in [0.15, 0.2) is 0 Å². The third-order valence-corrected chi connectivity index (χ3v) is 4.59. The molecule has 3 aromatic rings. The molecule has 5 heteroatoms. The maximum absolute atomic E-state index is 13.0. The second kappa shape index (κ2) is 9.56. The number of para-hydroxylation sites is 1. The van der Waals surface area contributed by atoms with Gasteiger partial charge in [0.2, 0.25) is 0 Å². The summed E-state index contributed by atoms with van der Waals surface area (Å²) in [5.41, 5.74) is 3.98. The molecule has 152 valence electrons. The molecule has 3 aromatic carbocycles. The number of nitrogens with one attached hydrogen (secondary N) is 2. The van der Waals surface area contributed by atoms with Gasteiger partial charge in [-0.15, -0.1) is 0 Å². The van der Waals surface area contributed by atoms with Crippen LogP contribution in [0.25, 0.3) is 6.08 Å². The first-order valence-electron chi connectivity index (χ1n) is 9.57.